The maximum Gasteiger partial charge on any atom is 0.0991 e. The van der Waals surface area contributed by atoms with E-state index < -0.39 is 0 Å². The van der Waals surface area contributed by atoms with Gasteiger partial charge in [0, 0.05) is 36.9 Å². The lowest BCUT2D eigenvalue weighted by atomic mass is 10.1. The molecule has 0 aliphatic carbocycles. The summed E-state index contributed by atoms with van der Waals surface area (Å²) in [6, 6.07) is 17.5. The van der Waals surface area contributed by atoms with Crippen LogP contribution in [-0.4, -0.2) is 26.2 Å². The van der Waals surface area contributed by atoms with Crippen molar-refractivity contribution in [1.29, 1.82) is 5.26 Å². The van der Waals surface area contributed by atoms with E-state index in [1.54, 1.807) is 0 Å². The smallest absolute Gasteiger partial charge is 0.0991 e. The van der Waals surface area contributed by atoms with Crippen LogP contribution in [0, 0.1) is 18.3 Å². The van der Waals surface area contributed by atoms with Gasteiger partial charge >= 0.3 is 0 Å². The monoisotopic (exact) mass is 387 g/mol. The standard InChI is InChI=1S/C12H15N3.C6H5Cl.C3H8.C2H6/c1-10-8-11(9-13)2-3-12(10)15-6-4-14-5-7-15;7-6-4-2-1-3-5-6;1-3-2;1-2/h2-3,8,14H,4-7H2,1H3;1-5H;3H2,1-2H3;1-2H3. The van der Waals surface area contributed by atoms with Crippen molar-refractivity contribution in [2.75, 3.05) is 31.1 Å². The van der Waals surface area contributed by atoms with Crippen LogP contribution >= 0.6 is 11.6 Å². The first-order chi connectivity index (χ1) is 13.1. The van der Waals surface area contributed by atoms with Crippen LogP contribution in [-0.2, 0) is 0 Å². The zero-order valence-electron chi connectivity index (χ0n) is 17.4. The van der Waals surface area contributed by atoms with Gasteiger partial charge < -0.3 is 10.2 Å². The fraction of sp³-hybridized carbons (Fsp3) is 0.435. The maximum absolute atomic E-state index is 8.79. The summed E-state index contributed by atoms with van der Waals surface area (Å²) < 4.78 is 0. The Morgan fingerprint density at radius 1 is 1.04 bits per heavy atom. The zero-order valence-corrected chi connectivity index (χ0v) is 18.2. The average Bonchev–Trinajstić information content (AvgIpc) is 2.72. The van der Waals surface area contributed by atoms with Gasteiger partial charge in [-0.2, -0.15) is 5.26 Å². The third-order valence-corrected chi connectivity index (χ3v) is 3.77. The van der Waals surface area contributed by atoms with Crippen molar-refractivity contribution in [3.8, 4) is 6.07 Å². The molecule has 1 aliphatic heterocycles. The molecule has 1 fully saturated rings. The van der Waals surface area contributed by atoms with Crippen molar-refractivity contribution in [3.05, 3.63) is 64.7 Å². The molecule has 0 saturated carbocycles. The highest BCUT2D eigenvalue weighted by Gasteiger charge is 2.12. The van der Waals surface area contributed by atoms with Crippen LogP contribution in [0.15, 0.2) is 48.5 Å². The fourth-order valence-corrected chi connectivity index (χ4v) is 2.55. The number of anilines is 1. The summed E-state index contributed by atoms with van der Waals surface area (Å²) in [4.78, 5) is 2.37. The number of nitrogens with zero attached hydrogens (tertiary/aromatic N) is 2. The van der Waals surface area contributed by atoms with Crippen LogP contribution in [0.5, 0.6) is 0 Å². The highest BCUT2D eigenvalue weighted by atomic mass is 35.5. The van der Waals surface area contributed by atoms with Gasteiger partial charge in [0.2, 0.25) is 0 Å². The first-order valence-electron chi connectivity index (χ1n) is 9.79. The molecule has 2 aromatic rings. The summed E-state index contributed by atoms with van der Waals surface area (Å²) >= 11 is 5.54. The molecule has 3 rings (SSSR count). The predicted octanol–water partition coefficient (Wildman–Crippen LogP) is 6.06. The molecule has 1 aliphatic rings. The lowest BCUT2D eigenvalue weighted by molar-refractivity contribution is 0.588. The number of piperazine rings is 1. The van der Waals surface area contributed by atoms with Gasteiger partial charge in [-0.15, -0.1) is 0 Å². The second kappa shape index (κ2) is 16.2. The molecule has 0 radical (unpaired) electrons. The van der Waals surface area contributed by atoms with E-state index in [0.29, 0.717) is 0 Å². The van der Waals surface area contributed by atoms with E-state index in [2.05, 4.69) is 43.1 Å². The summed E-state index contributed by atoms with van der Waals surface area (Å²) in [5, 5.41) is 12.9. The Morgan fingerprint density at radius 3 is 2.00 bits per heavy atom. The van der Waals surface area contributed by atoms with Gasteiger partial charge in [-0.25, -0.2) is 0 Å². The summed E-state index contributed by atoms with van der Waals surface area (Å²) in [7, 11) is 0. The minimum Gasteiger partial charge on any atom is -0.369 e. The number of halogens is 1. The minimum atomic E-state index is 0.742. The Hall–Kier alpha value is -2.02. The largest absolute Gasteiger partial charge is 0.369 e. The number of benzene rings is 2. The fourth-order valence-electron chi connectivity index (χ4n) is 2.40. The molecule has 4 heteroatoms. The van der Waals surface area contributed by atoms with E-state index >= 15 is 0 Å². The number of hydrogen-bond donors (Lipinski definition) is 1. The van der Waals surface area contributed by atoms with Gasteiger partial charge in [-0.05, 0) is 42.8 Å². The Bertz CT molecular complexity index is 644. The van der Waals surface area contributed by atoms with E-state index in [4.69, 9.17) is 16.9 Å². The van der Waals surface area contributed by atoms with Gasteiger partial charge in [-0.1, -0.05) is 63.9 Å². The highest BCUT2D eigenvalue weighted by molar-refractivity contribution is 6.30. The number of nitriles is 1. The van der Waals surface area contributed by atoms with Crippen LogP contribution in [0.2, 0.25) is 5.02 Å². The average molecular weight is 388 g/mol. The van der Waals surface area contributed by atoms with Crippen molar-refractivity contribution >= 4 is 17.3 Å². The van der Waals surface area contributed by atoms with Crippen LogP contribution < -0.4 is 10.2 Å². The topological polar surface area (TPSA) is 39.1 Å². The van der Waals surface area contributed by atoms with Crippen molar-refractivity contribution in [2.45, 2.75) is 41.0 Å². The van der Waals surface area contributed by atoms with Crippen LogP contribution in [0.25, 0.3) is 0 Å². The van der Waals surface area contributed by atoms with Crippen LogP contribution in [0.1, 0.15) is 45.2 Å². The minimum absolute atomic E-state index is 0.742. The Labute approximate surface area is 171 Å². The first kappa shape index (κ1) is 25.0. The molecule has 0 atom stereocenters. The zero-order chi connectivity index (χ0) is 20.5. The third-order valence-electron chi connectivity index (χ3n) is 3.52. The van der Waals surface area contributed by atoms with Gasteiger partial charge in [0.25, 0.3) is 0 Å². The van der Waals surface area contributed by atoms with Crippen molar-refractivity contribution in [1.82, 2.24) is 5.32 Å². The van der Waals surface area contributed by atoms with E-state index in [9.17, 15) is 0 Å². The number of nitrogens with one attached hydrogen (secondary N) is 1. The van der Waals surface area contributed by atoms with Gasteiger partial charge in [0.1, 0.15) is 0 Å². The predicted molar refractivity (Wildman–Crippen MR) is 120 cm³/mol. The molecule has 148 valence electrons. The Balaban J connectivity index is 0.000000470. The second-order valence-corrected chi connectivity index (χ2v) is 6.29. The molecule has 27 heavy (non-hydrogen) atoms. The molecule has 1 heterocycles. The van der Waals surface area contributed by atoms with Crippen molar-refractivity contribution < 1.29 is 0 Å². The summed E-state index contributed by atoms with van der Waals surface area (Å²) in [5.41, 5.74) is 3.19. The number of hydrogen-bond acceptors (Lipinski definition) is 3. The second-order valence-electron chi connectivity index (χ2n) is 5.85. The van der Waals surface area contributed by atoms with Crippen LogP contribution in [0.4, 0.5) is 5.69 Å². The summed E-state index contributed by atoms with van der Waals surface area (Å²) in [6.07, 6.45) is 1.25. The molecule has 2 aromatic carbocycles. The van der Waals surface area contributed by atoms with Gasteiger partial charge in [0.05, 0.1) is 11.6 Å². The van der Waals surface area contributed by atoms with E-state index in [-0.39, 0.29) is 0 Å². The lowest BCUT2D eigenvalue weighted by Gasteiger charge is -2.30. The molecule has 0 aromatic heterocycles. The lowest BCUT2D eigenvalue weighted by Crippen LogP contribution is -2.43. The quantitative estimate of drug-likeness (QED) is 0.646. The molecule has 0 spiro atoms. The van der Waals surface area contributed by atoms with E-state index in [1.165, 1.54) is 17.7 Å². The van der Waals surface area contributed by atoms with E-state index in [0.717, 1.165) is 36.8 Å². The Kier molecular flexibility index (Phi) is 15.0. The number of rotatable bonds is 1. The Morgan fingerprint density at radius 2 is 1.59 bits per heavy atom. The van der Waals surface area contributed by atoms with Crippen LogP contribution in [0.3, 0.4) is 0 Å². The molecule has 0 bridgehead atoms. The van der Waals surface area contributed by atoms with Crippen molar-refractivity contribution in [3.63, 3.8) is 0 Å². The first-order valence-corrected chi connectivity index (χ1v) is 10.2. The summed E-state index contributed by atoms with van der Waals surface area (Å²) in [5.74, 6) is 0. The molecule has 0 amide bonds. The number of aryl methyl sites for hydroxylation is 1. The van der Waals surface area contributed by atoms with Crippen molar-refractivity contribution in [2.24, 2.45) is 0 Å². The molecule has 1 N–H and O–H groups in total. The molecule has 1 saturated heterocycles. The van der Waals surface area contributed by atoms with Gasteiger partial charge in [0.15, 0.2) is 0 Å². The highest BCUT2D eigenvalue weighted by Crippen LogP contribution is 2.21. The van der Waals surface area contributed by atoms with Gasteiger partial charge in [-0.3, -0.25) is 0 Å². The van der Waals surface area contributed by atoms with E-state index in [1.807, 2.05) is 56.3 Å². The molecular weight excluding hydrogens is 354 g/mol. The maximum atomic E-state index is 8.79. The molecular formula is C23H34ClN3. The third kappa shape index (κ3) is 10.7. The summed E-state index contributed by atoms with van der Waals surface area (Å²) in [6.45, 7) is 14.5. The molecule has 0 unspecified atom stereocenters. The molecule has 3 nitrogen and oxygen atoms in total. The SMILES string of the molecule is CC.CCC.Cc1cc(C#N)ccc1N1CCNCC1.Clc1ccccc1. The normalized spacial score (nSPS) is 12.1.